The third-order valence-electron chi connectivity index (χ3n) is 3.36. The molecule has 0 bridgehead atoms. The second kappa shape index (κ2) is 3.48. The van der Waals surface area contributed by atoms with Crippen LogP contribution in [0.5, 0.6) is 0 Å². The van der Waals surface area contributed by atoms with Crippen molar-refractivity contribution in [3.8, 4) is 0 Å². The highest BCUT2D eigenvalue weighted by Crippen LogP contribution is 2.52. The fourth-order valence-electron chi connectivity index (χ4n) is 2.77. The van der Waals surface area contributed by atoms with Crippen LogP contribution in [0.25, 0.3) is 0 Å². The number of hydrogen-bond acceptors (Lipinski definition) is 2. The van der Waals surface area contributed by atoms with Gasteiger partial charge in [0.2, 0.25) is 0 Å². The summed E-state index contributed by atoms with van der Waals surface area (Å²) in [5.74, 6) is 0.331. The summed E-state index contributed by atoms with van der Waals surface area (Å²) >= 11 is 0. The maximum absolute atomic E-state index is 12.0. The van der Waals surface area contributed by atoms with Crippen LogP contribution in [0.4, 0.5) is 0 Å². The van der Waals surface area contributed by atoms with Gasteiger partial charge in [0.05, 0.1) is 10.8 Å². The van der Waals surface area contributed by atoms with E-state index >= 15 is 0 Å². The van der Waals surface area contributed by atoms with Crippen LogP contribution in [0.2, 0.25) is 0 Å². The highest BCUT2D eigenvalue weighted by Gasteiger charge is 2.65. The molecule has 2 heteroatoms. The molecule has 0 aliphatic heterocycles. The molecule has 14 heavy (non-hydrogen) atoms. The molecule has 0 radical (unpaired) electrons. The Bertz CT molecular complexity index is 237. The second-order valence-electron chi connectivity index (χ2n) is 4.87. The van der Waals surface area contributed by atoms with Gasteiger partial charge in [0.15, 0.2) is 11.6 Å². The molecule has 0 aromatic rings. The van der Waals surface area contributed by atoms with Gasteiger partial charge in [0.1, 0.15) is 0 Å². The molecule has 1 rings (SSSR count). The molecule has 0 amide bonds. The van der Waals surface area contributed by atoms with Gasteiger partial charge in [0.25, 0.3) is 0 Å². The van der Waals surface area contributed by atoms with Gasteiger partial charge in [-0.3, -0.25) is 9.59 Å². The van der Waals surface area contributed by atoms with Crippen molar-refractivity contribution in [3.63, 3.8) is 0 Å². The molecule has 0 atom stereocenters. The maximum atomic E-state index is 12.0. The minimum atomic E-state index is -0.704. The number of carbonyl (C=O) groups excluding carboxylic acids is 2. The van der Waals surface area contributed by atoms with Gasteiger partial charge in [-0.1, -0.05) is 26.7 Å². The van der Waals surface area contributed by atoms with Crippen molar-refractivity contribution in [3.05, 3.63) is 0 Å². The molecule has 0 spiro atoms. The van der Waals surface area contributed by atoms with E-state index in [-0.39, 0.29) is 11.6 Å². The first-order valence-corrected chi connectivity index (χ1v) is 5.53. The van der Waals surface area contributed by atoms with Crippen molar-refractivity contribution in [2.45, 2.75) is 53.4 Å². The molecular weight excluding hydrogens is 176 g/mol. The number of ketones is 2. The Morgan fingerprint density at radius 1 is 0.929 bits per heavy atom. The molecule has 1 fully saturated rings. The van der Waals surface area contributed by atoms with E-state index < -0.39 is 10.8 Å². The topological polar surface area (TPSA) is 34.1 Å². The van der Waals surface area contributed by atoms with Gasteiger partial charge in [-0.2, -0.15) is 0 Å². The zero-order valence-corrected chi connectivity index (χ0v) is 9.64. The minimum absolute atomic E-state index is 0.165. The van der Waals surface area contributed by atoms with Crippen molar-refractivity contribution in [2.75, 3.05) is 0 Å². The molecule has 0 N–H and O–H groups in total. The van der Waals surface area contributed by atoms with Gasteiger partial charge in [0, 0.05) is 0 Å². The van der Waals surface area contributed by atoms with Crippen LogP contribution in [-0.2, 0) is 9.59 Å². The highest BCUT2D eigenvalue weighted by atomic mass is 16.2. The molecule has 0 unspecified atom stereocenters. The molecule has 1 aliphatic rings. The fourth-order valence-corrected chi connectivity index (χ4v) is 2.77. The largest absolute Gasteiger partial charge is 0.297 e. The van der Waals surface area contributed by atoms with Crippen LogP contribution in [0.15, 0.2) is 0 Å². The predicted molar refractivity (Wildman–Crippen MR) is 56.0 cm³/mol. The van der Waals surface area contributed by atoms with E-state index in [1.165, 1.54) is 0 Å². The summed E-state index contributed by atoms with van der Waals surface area (Å²) in [6.07, 6.45) is 3.30. The normalized spacial score (nSPS) is 23.4. The lowest BCUT2D eigenvalue weighted by Gasteiger charge is -2.49. The monoisotopic (exact) mass is 196 g/mol. The average molecular weight is 196 g/mol. The van der Waals surface area contributed by atoms with Gasteiger partial charge >= 0.3 is 0 Å². The number of carbonyl (C=O) groups is 2. The van der Waals surface area contributed by atoms with Crippen molar-refractivity contribution in [2.24, 2.45) is 10.8 Å². The van der Waals surface area contributed by atoms with Gasteiger partial charge < -0.3 is 0 Å². The van der Waals surface area contributed by atoms with E-state index in [9.17, 15) is 9.59 Å². The Labute approximate surface area is 86.1 Å². The fraction of sp³-hybridized carbons (Fsp3) is 0.833. The summed E-state index contributed by atoms with van der Waals surface area (Å²) in [5.41, 5.74) is -1.31. The Morgan fingerprint density at radius 2 is 1.29 bits per heavy atom. The standard InChI is InChI=1S/C12H20O2/c1-5-7-12(8-6-2)9(13)11(3,4)10(12)14/h5-8H2,1-4H3. The summed E-state index contributed by atoms with van der Waals surface area (Å²) in [6, 6.07) is 0. The first kappa shape index (κ1) is 11.4. The van der Waals surface area contributed by atoms with Crippen LogP contribution >= 0.6 is 0 Å². The Hall–Kier alpha value is -0.660. The maximum Gasteiger partial charge on any atom is 0.159 e. The lowest BCUT2D eigenvalue weighted by molar-refractivity contribution is -0.170. The van der Waals surface area contributed by atoms with Crippen LogP contribution in [0, 0.1) is 10.8 Å². The van der Waals surface area contributed by atoms with Crippen molar-refractivity contribution < 1.29 is 9.59 Å². The van der Waals surface area contributed by atoms with Gasteiger partial charge in [-0.15, -0.1) is 0 Å². The van der Waals surface area contributed by atoms with Crippen molar-refractivity contribution >= 4 is 11.6 Å². The molecule has 0 aromatic heterocycles. The summed E-state index contributed by atoms with van der Waals surface area (Å²) in [7, 11) is 0. The average Bonchev–Trinajstić information content (AvgIpc) is 2.15. The molecule has 1 aliphatic carbocycles. The quantitative estimate of drug-likeness (QED) is 0.648. The Morgan fingerprint density at radius 3 is 1.57 bits per heavy atom. The third-order valence-corrected chi connectivity index (χ3v) is 3.36. The smallest absolute Gasteiger partial charge is 0.159 e. The predicted octanol–water partition coefficient (Wildman–Crippen LogP) is 2.75. The van der Waals surface area contributed by atoms with E-state index in [1.807, 2.05) is 13.8 Å². The minimum Gasteiger partial charge on any atom is -0.297 e. The van der Waals surface area contributed by atoms with Crippen LogP contribution < -0.4 is 0 Å². The number of Topliss-reactive ketones (excluding diaryl/α,β-unsaturated/α-hetero) is 2. The molecular formula is C12H20O2. The first-order chi connectivity index (χ1) is 6.43. The van der Waals surface area contributed by atoms with Gasteiger partial charge in [-0.05, 0) is 26.7 Å². The van der Waals surface area contributed by atoms with Crippen molar-refractivity contribution in [1.82, 2.24) is 0 Å². The van der Waals surface area contributed by atoms with Crippen LogP contribution in [0.1, 0.15) is 53.4 Å². The van der Waals surface area contributed by atoms with E-state index in [4.69, 9.17) is 0 Å². The highest BCUT2D eigenvalue weighted by molar-refractivity contribution is 6.30. The zero-order chi connectivity index (χ0) is 11.0. The van der Waals surface area contributed by atoms with E-state index in [2.05, 4.69) is 0 Å². The summed E-state index contributed by atoms with van der Waals surface area (Å²) in [6.45, 7) is 7.56. The number of hydrogen-bond donors (Lipinski definition) is 0. The van der Waals surface area contributed by atoms with E-state index in [1.54, 1.807) is 13.8 Å². The second-order valence-corrected chi connectivity index (χ2v) is 4.87. The molecule has 2 nitrogen and oxygen atoms in total. The molecule has 80 valence electrons. The van der Waals surface area contributed by atoms with E-state index in [0.717, 1.165) is 25.7 Å². The summed E-state index contributed by atoms with van der Waals surface area (Å²) in [4.78, 5) is 23.9. The third kappa shape index (κ3) is 1.23. The zero-order valence-electron chi connectivity index (χ0n) is 9.64. The molecule has 0 saturated heterocycles. The van der Waals surface area contributed by atoms with Crippen LogP contribution in [-0.4, -0.2) is 11.6 Å². The lowest BCUT2D eigenvalue weighted by atomic mass is 9.49. The summed E-state index contributed by atoms with van der Waals surface area (Å²) in [5, 5.41) is 0. The summed E-state index contributed by atoms with van der Waals surface area (Å²) < 4.78 is 0. The molecule has 1 saturated carbocycles. The molecule has 0 aromatic carbocycles. The van der Waals surface area contributed by atoms with Gasteiger partial charge in [-0.25, -0.2) is 0 Å². The van der Waals surface area contributed by atoms with E-state index in [0.29, 0.717) is 0 Å². The SMILES string of the molecule is CCCC1(CCC)C(=O)C(C)(C)C1=O. The molecule has 0 heterocycles. The first-order valence-electron chi connectivity index (χ1n) is 5.53. The van der Waals surface area contributed by atoms with Crippen molar-refractivity contribution in [1.29, 1.82) is 0 Å². The van der Waals surface area contributed by atoms with Crippen LogP contribution in [0.3, 0.4) is 0 Å². The Balaban J connectivity index is 2.92. The Kier molecular flexibility index (Phi) is 2.84. The number of rotatable bonds is 4. The lowest BCUT2D eigenvalue weighted by Crippen LogP contribution is -2.64.